The summed E-state index contributed by atoms with van der Waals surface area (Å²) in [5.41, 5.74) is 1.98. The van der Waals surface area contributed by atoms with Gasteiger partial charge in [0.05, 0.1) is 0 Å². The molecule has 0 aliphatic carbocycles. The fourth-order valence-electron chi connectivity index (χ4n) is 3.58. The number of benzene rings is 2. The van der Waals surface area contributed by atoms with E-state index in [-0.39, 0.29) is 42.5 Å². The first kappa shape index (κ1) is 32.5. The van der Waals surface area contributed by atoms with Crippen molar-refractivity contribution in [2.45, 2.75) is 81.1 Å². The van der Waals surface area contributed by atoms with E-state index < -0.39 is 0 Å². The van der Waals surface area contributed by atoms with Crippen molar-refractivity contribution in [2.75, 3.05) is 0 Å². The van der Waals surface area contributed by atoms with Gasteiger partial charge in [-0.05, 0) is 42.2 Å². The van der Waals surface area contributed by atoms with Crippen molar-refractivity contribution in [1.29, 1.82) is 0 Å². The Bertz CT molecular complexity index is 1200. The van der Waals surface area contributed by atoms with Gasteiger partial charge in [0, 0.05) is 60.4 Å². The van der Waals surface area contributed by atoms with Gasteiger partial charge in [-0.1, -0.05) is 67.5 Å². The summed E-state index contributed by atoms with van der Waals surface area (Å²) in [5.74, 6) is 1.95. The van der Waals surface area contributed by atoms with E-state index in [9.17, 15) is 9.90 Å². The Morgan fingerprint density at radius 1 is 1.08 bits per heavy atom. The van der Waals surface area contributed by atoms with Crippen LogP contribution in [0.3, 0.4) is 0 Å². The second-order valence-corrected chi connectivity index (χ2v) is 10.9. The molecule has 1 radical (unpaired) electrons. The fourth-order valence-corrected chi connectivity index (χ4v) is 3.58. The van der Waals surface area contributed by atoms with Crippen molar-refractivity contribution < 1.29 is 34.7 Å². The first-order valence-electron chi connectivity index (χ1n) is 12.8. The number of carbonyl (C=O) groups excluding carboxylic acids is 1. The van der Waals surface area contributed by atoms with Crippen molar-refractivity contribution in [1.82, 2.24) is 4.98 Å². The molecule has 0 fully saturated rings. The number of hydrogen-bond acceptors (Lipinski definition) is 4. The predicted octanol–water partition coefficient (Wildman–Crippen LogP) is 9.13. The van der Waals surface area contributed by atoms with Gasteiger partial charge in [-0.25, -0.2) is 4.98 Å². The van der Waals surface area contributed by atoms with Crippen molar-refractivity contribution in [3.05, 3.63) is 77.7 Å². The van der Waals surface area contributed by atoms with Crippen molar-refractivity contribution in [3.8, 4) is 11.6 Å². The predicted molar refractivity (Wildman–Crippen MR) is 150 cm³/mol. The number of carbonyl (C=O) groups is 1. The molecular formula is C32H42IrNO3-. The van der Waals surface area contributed by atoms with E-state index in [1.165, 1.54) is 22.6 Å². The topological polar surface area (TPSA) is 59.4 Å². The first-order chi connectivity index (χ1) is 16.8. The minimum absolute atomic E-state index is 0. The molecule has 37 heavy (non-hydrogen) atoms. The molecule has 0 saturated heterocycles. The van der Waals surface area contributed by atoms with Crippen LogP contribution in [0.1, 0.15) is 85.3 Å². The van der Waals surface area contributed by atoms with Gasteiger partial charge in [0.25, 0.3) is 0 Å². The molecule has 0 atom stereocenters. The summed E-state index contributed by atoms with van der Waals surface area (Å²) in [6, 6.07) is 16.9. The van der Waals surface area contributed by atoms with Crippen LogP contribution in [0.25, 0.3) is 10.8 Å². The van der Waals surface area contributed by atoms with Crippen molar-refractivity contribution >= 4 is 16.6 Å². The standard InChI is InChI=1S/C19H18NO.C13H24O2.Ir/c1-13(2)19-14(3)9-10-15-12-20-18(11-17(15)19)21-16-7-5-4-6-8-16;1-7-12(3,4)10(14)9-11(15)13(5,6)8-2;/h4-7,9-13H,1-3H3;9,14H,7-8H2,1-6H3;/q-1;;/b;10-9-;. The zero-order valence-electron chi connectivity index (χ0n) is 23.7. The van der Waals surface area contributed by atoms with Crippen molar-refractivity contribution in [3.63, 3.8) is 0 Å². The Balaban J connectivity index is 0.000000384. The molecule has 0 bridgehead atoms. The maximum atomic E-state index is 11.8. The molecule has 0 amide bonds. The van der Waals surface area contributed by atoms with E-state index in [1.807, 2.05) is 78.1 Å². The molecule has 0 spiro atoms. The number of fused-ring (bicyclic) bond motifs is 1. The molecule has 3 rings (SSSR count). The van der Waals surface area contributed by atoms with Crippen LogP contribution in [0.15, 0.2) is 60.5 Å². The molecule has 1 heterocycles. The van der Waals surface area contributed by atoms with E-state index >= 15 is 0 Å². The molecule has 3 aromatic rings. The fraction of sp³-hybridized carbons (Fsp3) is 0.438. The Hall–Kier alpha value is -2.49. The van der Waals surface area contributed by atoms with E-state index in [4.69, 9.17) is 4.74 Å². The number of ketones is 1. The number of allylic oxidation sites excluding steroid dienone is 2. The molecule has 1 N–H and O–H groups in total. The van der Waals surface area contributed by atoms with Gasteiger partial charge < -0.3 is 9.84 Å². The number of pyridine rings is 1. The quantitative estimate of drug-likeness (QED) is 0.147. The van der Waals surface area contributed by atoms with Crippen LogP contribution in [0.4, 0.5) is 0 Å². The van der Waals surface area contributed by atoms with Crippen molar-refractivity contribution in [2.24, 2.45) is 10.8 Å². The summed E-state index contributed by atoms with van der Waals surface area (Å²) in [6.07, 6.45) is 4.86. The third kappa shape index (κ3) is 8.79. The molecule has 0 aliphatic heterocycles. The Morgan fingerprint density at radius 3 is 2.27 bits per heavy atom. The number of aromatic nitrogens is 1. The number of rotatable bonds is 8. The maximum absolute atomic E-state index is 11.8. The smallest absolute Gasteiger partial charge is 0.217 e. The summed E-state index contributed by atoms with van der Waals surface area (Å²) < 4.78 is 5.79. The third-order valence-corrected chi connectivity index (χ3v) is 7.01. The van der Waals surface area contributed by atoms with E-state index in [1.54, 1.807) is 0 Å². The SMILES string of the molecule is CCC(C)(C)C(=O)/C=C(\O)C(C)(C)CC.Cc1ccc2cnc(Oc3[c-]cccc3)cc2c1C(C)C.[Ir]. The molecule has 0 aliphatic rings. The Kier molecular flexibility index (Phi) is 12.2. The number of para-hydroxylation sites is 1. The van der Waals surface area contributed by atoms with Gasteiger partial charge in [0.15, 0.2) is 5.78 Å². The first-order valence-corrected chi connectivity index (χ1v) is 12.8. The number of aryl methyl sites for hydroxylation is 1. The second kappa shape index (κ2) is 13.9. The minimum Gasteiger partial charge on any atom is -0.512 e. The average molecular weight is 681 g/mol. The van der Waals surface area contributed by atoms with E-state index in [0.29, 0.717) is 17.5 Å². The molecule has 1 aromatic heterocycles. The zero-order chi connectivity index (χ0) is 27.1. The number of ether oxygens (including phenoxy) is 1. The number of hydrogen-bond donors (Lipinski definition) is 1. The number of aliphatic hydroxyl groups is 1. The van der Waals surface area contributed by atoms with Crippen LogP contribution in [0.5, 0.6) is 11.6 Å². The molecular weight excluding hydrogens is 639 g/mol. The summed E-state index contributed by atoms with van der Waals surface area (Å²) in [6.45, 7) is 18.2. The summed E-state index contributed by atoms with van der Waals surface area (Å²) in [4.78, 5) is 16.2. The van der Waals surface area contributed by atoms with Gasteiger partial charge in [0.2, 0.25) is 5.88 Å². The molecule has 0 unspecified atom stereocenters. The molecule has 0 saturated carbocycles. The van der Waals surface area contributed by atoms with Crippen LogP contribution >= 0.6 is 0 Å². The largest absolute Gasteiger partial charge is 0.512 e. The van der Waals surface area contributed by atoms with Gasteiger partial charge in [-0.3, -0.25) is 4.79 Å². The maximum Gasteiger partial charge on any atom is 0.217 e. The molecule has 4 nitrogen and oxygen atoms in total. The Morgan fingerprint density at radius 2 is 1.73 bits per heavy atom. The third-order valence-electron chi connectivity index (χ3n) is 7.01. The normalized spacial score (nSPS) is 12.0. The monoisotopic (exact) mass is 681 g/mol. The molecule has 5 heteroatoms. The molecule has 203 valence electrons. The van der Waals surface area contributed by atoms with E-state index in [2.05, 4.69) is 44.0 Å². The van der Waals surface area contributed by atoms with Crippen LogP contribution in [-0.2, 0) is 24.9 Å². The average Bonchev–Trinajstić information content (AvgIpc) is 2.84. The number of nitrogens with zero attached hydrogens (tertiary/aromatic N) is 1. The summed E-state index contributed by atoms with van der Waals surface area (Å²) >= 11 is 0. The van der Waals surface area contributed by atoms with Gasteiger partial charge in [-0.2, -0.15) is 18.2 Å². The van der Waals surface area contributed by atoms with Gasteiger partial charge in [-0.15, -0.1) is 12.1 Å². The van der Waals surface area contributed by atoms with Crippen LogP contribution in [0, 0.1) is 23.8 Å². The van der Waals surface area contributed by atoms with Crippen LogP contribution < -0.4 is 4.74 Å². The number of aliphatic hydroxyl groups excluding tert-OH is 1. The Labute approximate surface area is 236 Å². The minimum atomic E-state index is -0.377. The van der Waals surface area contributed by atoms with Gasteiger partial charge >= 0.3 is 0 Å². The summed E-state index contributed by atoms with van der Waals surface area (Å²) in [5, 5.41) is 12.2. The zero-order valence-corrected chi connectivity index (χ0v) is 26.1. The summed E-state index contributed by atoms with van der Waals surface area (Å²) in [7, 11) is 0. The molecule has 2 aromatic carbocycles. The van der Waals surface area contributed by atoms with Crippen LogP contribution in [0.2, 0.25) is 0 Å². The second-order valence-electron chi connectivity index (χ2n) is 10.9. The van der Waals surface area contributed by atoms with Crippen LogP contribution in [-0.4, -0.2) is 15.9 Å². The van der Waals surface area contributed by atoms with Gasteiger partial charge in [0.1, 0.15) is 5.76 Å². The van der Waals surface area contributed by atoms with E-state index in [0.717, 1.165) is 18.2 Å².